The highest BCUT2D eigenvalue weighted by molar-refractivity contribution is 9.10. The van der Waals surface area contributed by atoms with Gasteiger partial charge in [-0.1, -0.05) is 6.92 Å². The number of aliphatic hydroxyl groups is 1. The summed E-state index contributed by atoms with van der Waals surface area (Å²) >= 11 is 3.25. The zero-order chi connectivity index (χ0) is 13.8. The fourth-order valence-electron chi connectivity index (χ4n) is 1.69. The van der Waals surface area contributed by atoms with E-state index in [9.17, 15) is 4.79 Å². The average molecular weight is 316 g/mol. The van der Waals surface area contributed by atoms with E-state index in [2.05, 4.69) is 21.2 Å². The molecule has 0 aliphatic rings. The molecule has 100 valence electrons. The van der Waals surface area contributed by atoms with Crippen molar-refractivity contribution in [2.75, 3.05) is 11.9 Å². The second-order valence-electron chi connectivity index (χ2n) is 4.51. The van der Waals surface area contributed by atoms with E-state index < -0.39 is 5.97 Å². The molecule has 1 aromatic rings. The van der Waals surface area contributed by atoms with Gasteiger partial charge in [0.15, 0.2) is 0 Å². The molecule has 18 heavy (non-hydrogen) atoms. The molecule has 1 atom stereocenters. The van der Waals surface area contributed by atoms with E-state index in [1.165, 1.54) is 0 Å². The average Bonchev–Trinajstić information content (AvgIpc) is 2.28. The standard InChI is InChI=1S/C13H18BrNO3/c1-3-13(2,6-7-16)15-9-4-5-10(12(17)18)11(14)8-9/h4-5,8,15-16H,3,6-7H2,1-2H3,(H,17,18). The van der Waals surface area contributed by atoms with E-state index in [4.69, 9.17) is 10.2 Å². The van der Waals surface area contributed by atoms with Crippen molar-refractivity contribution in [1.82, 2.24) is 0 Å². The number of carboxylic acids is 1. The van der Waals surface area contributed by atoms with Crippen LogP contribution < -0.4 is 5.32 Å². The molecule has 1 aromatic carbocycles. The van der Waals surface area contributed by atoms with Crippen molar-refractivity contribution >= 4 is 27.6 Å². The minimum Gasteiger partial charge on any atom is -0.478 e. The van der Waals surface area contributed by atoms with Crippen molar-refractivity contribution < 1.29 is 15.0 Å². The maximum Gasteiger partial charge on any atom is 0.336 e. The Bertz CT molecular complexity index is 436. The molecule has 0 bridgehead atoms. The summed E-state index contributed by atoms with van der Waals surface area (Å²) in [6.45, 7) is 4.19. The summed E-state index contributed by atoms with van der Waals surface area (Å²) in [5.41, 5.74) is 0.879. The molecule has 0 aromatic heterocycles. The number of carboxylic acid groups (broad SMARTS) is 1. The van der Waals surface area contributed by atoms with E-state index in [-0.39, 0.29) is 17.7 Å². The van der Waals surface area contributed by atoms with Crippen molar-refractivity contribution in [3.63, 3.8) is 0 Å². The van der Waals surface area contributed by atoms with Gasteiger partial charge in [-0.3, -0.25) is 0 Å². The third kappa shape index (κ3) is 3.71. The number of aromatic carboxylic acids is 1. The number of rotatable bonds is 6. The number of halogens is 1. The molecule has 1 rings (SSSR count). The van der Waals surface area contributed by atoms with Gasteiger partial charge in [0.2, 0.25) is 0 Å². The van der Waals surface area contributed by atoms with Gasteiger partial charge in [-0.25, -0.2) is 4.79 Å². The molecule has 0 saturated heterocycles. The Morgan fingerprint density at radius 3 is 2.61 bits per heavy atom. The normalized spacial score (nSPS) is 14.0. The van der Waals surface area contributed by atoms with E-state index in [0.717, 1.165) is 12.1 Å². The van der Waals surface area contributed by atoms with E-state index in [1.54, 1.807) is 18.2 Å². The van der Waals surface area contributed by atoms with Crippen molar-refractivity contribution in [2.45, 2.75) is 32.2 Å². The highest BCUT2D eigenvalue weighted by Gasteiger charge is 2.21. The molecule has 0 radical (unpaired) electrons. The van der Waals surface area contributed by atoms with Crippen molar-refractivity contribution in [2.24, 2.45) is 0 Å². The van der Waals surface area contributed by atoms with Crippen LogP contribution in [-0.4, -0.2) is 28.3 Å². The zero-order valence-corrected chi connectivity index (χ0v) is 12.1. The predicted octanol–water partition coefficient (Wildman–Crippen LogP) is 3.11. The summed E-state index contributed by atoms with van der Waals surface area (Å²) in [5, 5.41) is 21.3. The minimum absolute atomic E-state index is 0.117. The van der Waals surface area contributed by atoms with Crippen LogP contribution in [0.3, 0.4) is 0 Å². The Kier molecular flexibility index (Phi) is 5.16. The van der Waals surface area contributed by atoms with Crippen LogP contribution in [0.5, 0.6) is 0 Å². The lowest BCUT2D eigenvalue weighted by Crippen LogP contribution is -2.35. The Morgan fingerprint density at radius 2 is 2.17 bits per heavy atom. The largest absolute Gasteiger partial charge is 0.478 e. The van der Waals surface area contributed by atoms with Crippen LogP contribution in [0.4, 0.5) is 5.69 Å². The Balaban J connectivity index is 2.92. The molecule has 0 aliphatic carbocycles. The molecule has 4 nitrogen and oxygen atoms in total. The van der Waals surface area contributed by atoms with E-state index in [0.29, 0.717) is 10.9 Å². The monoisotopic (exact) mass is 315 g/mol. The summed E-state index contributed by atoms with van der Waals surface area (Å²) < 4.78 is 0.544. The second kappa shape index (κ2) is 6.20. The maximum atomic E-state index is 10.9. The Labute approximate surface area is 115 Å². The number of aliphatic hydroxyl groups excluding tert-OH is 1. The molecular formula is C13H18BrNO3. The number of carbonyl (C=O) groups is 1. The van der Waals surface area contributed by atoms with Gasteiger partial charge in [0, 0.05) is 22.3 Å². The lowest BCUT2D eigenvalue weighted by molar-refractivity contribution is 0.0696. The number of hydrogen-bond donors (Lipinski definition) is 3. The third-order valence-electron chi connectivity index (χ3n) is 3.09. The molecule has 3 N–H and O–H groups in total. The molecule has 0 heterocycles. The summed E-state index contributed by atoms with van der Waals surface area (Å²) in [5.74, 6) is -0.956. The first-order chi connectivity index (χ1) is 8.41. The Hall–Kier alpha value is -1.07. The maximum absolute atomic E-state index is 10.9. The fourth-order valence-corrected chi connectivity index (χ4v) is 2.24. The summed E-state index contributed by atoms with van der Waals surface area (Å²) in [7, 11) is 0. The third-order valence-corrected chi connectivity index (χ3v) is 3.75. The first kappa shape index (κ1) is 15.0. The van der Waals surface area contributed by atoms with Gasteiger partial charge in [-0.2, -0.15) is 0 Å². The summed E-state index contributed by atoms with van der Waals surface area (Å²) in [6, 6.07) is 5.04. The predicted molar refractivity (Wildman–Crippen MR) is 75.1 cm³/mol. The first-order valence-corrected chi connectivity index (χ1v) is 6.63. The minimum atomic E-state index is -0.956. The molecule has 0 fully saturated rings. The van der Waals surface area contributed by atoms with Gasteiger partial charge in [-0.15, -0.1) is 0 Å². The van der Waals surface area contributed by atoms with E-state index in [1.807, 2.05) is 13.8 Å². The lowest BCUT2D eigenvalue weighted by Gasteiger charge is -2.30. The van der Waals surface area contributed by atoms with Crippen LogP contribution in [0.2, 0.25) is 0 Å². The van der Waals surface area contributed by atoms with Crippen LogP contribution in [-0.2, 0) is 0 Å². The number of anilines is 1. The molecule has 1 unspecified atom stereocenters. The van der Waals surface area contributed by atoms with Crippen LogP contribution >= 0.6 is 15.9 Å². The van der Waals surface area contributed by atoms with Gasteiger partial charge in [0.1, 0.15) is 0 Å². The lowest BCUT2D eigenvalue weighted by atomic mass is 9.94. The van der Waals surface area contributed by atoms with Crippen molar-refractivity contribution in [3.05, 3.63) is 28.2 Å². The number of benzene rings is 1. The van der Waals surface area contributed by atoms with Gasteiger partial charge in [-0.05, 0) is 53.9 Å². The summed E-state index contributed by atoms with van der Waals surface area (Å²) in [4.78, 5) is 10.9. The van der Waals surface area contributed by atoms with Crippen molar-refractivity contribution in [3.8, 4) is 0 Å². The molecule has 0 saturated carbocycles. The van der Waals surface area contributed by atoms with Gasteiger partial charge in [0.05, 0.1) is 5.56 Å². The molecule has 0 spiro atoms. The van der Waals surface area contributed by atoms with E-state index >= 15 is 0 Å². The summed E-state index contributed by atoms with van der Waals surface area (Å²) in [6.07, 6.45) is 1.51. The van der Waals surface area contributed by atoms with Gasteiger partial charge >= 0.3 is 5.97 Å². The second-order valence-corrected chi connectivity index (χ2v) is 5.37. The number of nitrogens with one attached hydrogen (secondary N) is 1. The molecule has 0 aliphatic heterocycles. The van der Waals surface area contributed by atoms with Gasteiger partial charge in [0.25, 0.3) is 0 Å². The van der Waals surface area contributed by atoms with Crippen LogP contribution in [0.25, 0.3) is 0 Å². The highest BCUT2D eigenvalue weighted by atomic mass is 79.9. The Morgan fingerprint density at radius 1 is 1.50 bits per heavy atom. The number of hydrogen-bond acceptors (Lipinski definition) is 3. The van der Waals surface area contributed by atoms with Crippen LogP contribution in [0.15, 0.2) is 22.7 Å². The smallest absolute Gasteiger partial charge is 0.336 e. The quantitative estimate of drug-likeness (QED) is 0.754. The van der Waals surface area contributed by atoms with Crippen molar-refractivity contribution in [1.29, 1.82) is 0 Å². The molecule has 5 heteroatoms. The molecule has 0 amide bonds. The first-order valence-electron chi connectivity index (χ1n) is 5.84. The topological polar surface area (TPSA) is 69.6 Å². The highest BCUT2D eigenvalue weighted by Crippen LogP contribution is 2.26. The SMILES string of the molecule is CCC(C)(CCO)Nc1ccc(C(=O)O)c(Br)c1. The van der Waals surface area contributed by atoms with Crippen LogP contribution in [0.1, 0.15) is 37.0 Å². The fraction of sp³-hybridized carbons (Fsp3) is 0.462. The van der Waals surface area contributed by atoms with Crippen LogP contribution in [0, 0.1) is 0 Å². The van der Waals surface area contributed by atoms with Gasteiger partial charge < -0.3 is 15.5 Å². The zero-order valence-electron chi connectivity index (χ0n) is 10.5. The molecular weight excluding hydrogens is 298 g/mol.